The van der Waals surface area contributed by atoms with E-state index in [2.05, 4.69) is 43.1 Å². The van der Waals surface area contributed by atoms with Gasteiger partial charge in [0.1, 0.15) is 5.75 Å². The zero-order valence-electron chi connectivity index (χ0n) is 25.7. The molecule has 0 amide bonds. The minimum Gasteiger partial charge on any atom is -0.491 e. The number of carbonyl (C=O) groups is 1. The van der Waals surface area contributed by atoms with E-state index < -0.39 is 12.0 Å². The molecule has 0 bridgehead atoms. The van der Waals surface area contributed by atoms with E-state index in [1.165, 1.54) is 11.3 Å². The van der Waals surface area contributed by atoms with Crippen molar-refractivity contribution in [2.75, 3.05) is 6.61 Å². The van der Waals surface area contributed by atoms with Gasteiger partial charge in [0.2, 0.25) is 0 Å². The molecule has 0 aliphatic carbocycles. The van der Waals surface area contributed by atoms with Gasteiger partial charge < -0.3 is 14.5 Å². The molecule has 0 saturated carbocycles. The number of esters is 1. The van der Waals surface area contributed by atoms with E-state index in [9.17, 15) is 9.59 Å². The fraction of sp³-hybridized carbons (Fsp3) is 0.250. The first-order valence-electron chi connectivity index (χ1n) is 14.8. The number of nitrogens with one attached hydrogen (secondary N) is 1. The number of allylic oxidation sites excluding steroid dienone is 1. The minimum atomic E-state index is -0.693. The Kier molecular flexibility index (Phi) is 7.86. The first-order valence-corrected chi connectivity index (χ1v) is 15.6. The molecule has 3 heterocycles. The second kappa shape index (κ2) is 11.8. The van der Waals surface area contributed by atoms with E-state index in [1.54, 1.807) is 18.4 Å². The van der Waals surface area contributed by atoms with E-state index in [1.807, 2.05) is 62.4 Å². The number of nitrogens with zero attached hydrogens (tertiary/aromatic N) is 2. The fourth-order valence-electron chi connectivity index (χ4n) is 5.89. The molecule has 0 radical (unpaired) electrons. The van der Waals surface area contributed by atoms with E-state index in [-0.39, 0.29) is 18.3 Å². The predicted octanol–water partition coefficient (Wildman–Crippen LogP) is 6.35. The van der Waals surface area contributed by atoms with Crippen molar-refractivity contribution in [1.82, 2.24) is 9.55 Å². The highest BCUT2D eigenvalue weighted by atomic mass is 32.1. The second-order valence-corrected chi connectivity index (χ2v) is 12.3. The van der Waals surface area contributed by atoms with Gasteiger partial charge in [-0.2, -0.15) is 0 Å². The summed E-state index contributed by atoms with van der Waals surface area (Å²) in [7, 11) is 0. The van der Waals surface area contributed by atoms with Crippen LogP contribution in [-0.4, -0.2) is 28.2 Å². The molecule has 3 aromatic carbocycles. The highest BCUT2D eigenvalue weighted by Gasteiger charge is 2.33. The Morgan fingerprint density at radius 3 is 2.48 bits per heavy atom. The highest BCUT2D eigenvalue weighted by Crippen LogP contribution is 2.34. The van der Waals surface area contributed by atoms with Gasteiger partial charge in [-0.05, 0) is 82.5 Å². The molecule has 5 aromatic rings. The summed E-state index contributed by atoms with van der Waals surface area (Å²) in [5.41, 5.74) is 7.68. The lowest BCUT2D eigenvalue weighted by molar-refractivity contribution is -0.139. The van der Waals surface area contributed by atoms with Crippen LogP contribution in [0.15, 0.2) is 87.8 Å². The number of H-pyrrole nitrogens is 1. The molecule has 1 aliphatic heterocycles. The predicted molar refractivity (Wildman–Crippen MR) is 176 cm³/mol. The van der Waals surface area contributed by atoms with Crippen molar-refractivity contribution in [2.45, 2.75) is 53.7 Å². The number of aromatic amines is 1. The number of carbonyl (C=O) groups excluding carboxylic acids is 1. The monoisotopic (exact) mass is 605 g/mol. The van der Waals surface area contributed by atoms with Crippen molar-refractivity contribution in [2.24, 2.45) is 4.99 Å². The summed E-state index contributed by atoms with van der Waals surface area (Å²) >= 11 is 1.33. The summed E-state index contributed by atoms with van der Waals surface area (Å²) in [4.78, 5) is 36.6. The van der Waals surface area contributed by atoms with Crippen LogP contribution >= 0.6 is 11.3 Å². The summed E-state index contributed by atoms with van der Waals surface area (Å²) in [6.45, 7) is 11.9. The molecule has 0 spiro atoms. The van der Waals surface area contributed by atoms with Gasteiger partial charge in [0.05, 0.1) is 40.2 Å². The average Bonchev–Trinajstić information content (AvgIpc) is 3.50. The van der Waals surface area contributed by atoms with Gasteiger partial charge >= 0.3 is 5.97 Å². The van der Waals surface area contributed by atoms with E-state index >= 15 is 0 Å². The number of aryl methyl sites for hydroxylation is 2. The number of fused-ring (bicyclic) bond motifs is 2. The topological polar surface area (TPSA) is 85.7 Å². The Morgan fingerprint density at radius 2 is 1.80 bits per heavy atom. The SMILES string of the molecule is CCOC(=O)C1=C(C)N=c2s/c(=C\c3c(-c4ccccc4)[nH]c4c(C)cc(C)cc34)c(=O)n2[C@H]1c1ccc(OC(C)C)cc1. The lowest BCUT2D eigenvalue weighted by Crippen LogP contribution is -2.39. The van der Waals surface area contributed by atoms with Crippen molar-refractivity contribution in [3.05, 3.63) is 120 Å². The van der Waals surface area contributed by atoms with Crippen molar-refractivity contribution >= 4 is 34.3 Å². The van der Waals surface area contributed by atoms with Crippen molar-refractivity contribution in [3.63, 3.8) is 0 Å². The first-order chi connectivity index (χ1) is 21.2. The minimum absolute atomic E-state index is 0.0219. The van der Waals surface area contributed by atoms with Crippen LogP contribution < -0.4 is 19.6 Å². The Balaban J connectivity index is 1.59. The Labute approximate surface area is 259 Å². The lowest BCUT2D eigenvalue weighted by Gasteiger charge is -2.25. The number of ether oxygens (including phenoxy) is 2. The molecule has 1 aliphatic rings. The molecular weight excluding hydrogens is 570 g/mol. The molecule has 6 rings (SSSR count). The number of thiazole rings is 1. The van der Waals surface area contributed by atoms with Gasteiger partial charge in [-0.1, -0.05) is 65.4 Å². The van der Waals surface area contributed by atoms with Gasteiger partial charge in [-0.15, -0.1) is 0 Å². The molecule has 0 fully saturated rings. The van der Waals surface area contributed by atoms with Crippen LogP contribution in [0.3, 0.4) is 0 Å². The number of aromatic nitrogens is 2. The Hall–Kier alpha value is -4.69. The first kappa shape index (κ1) is 29.4. The molecule has 44 heavy (non-hydrogen) atoms. The van der Waals surface area contributed by atoms with Crippen LogP contribution in [-0.2, 0) is 9.53 Å². The molecular formula is C36H35N3O4S. The van der Waals surface area contributed by atoms with Gasteiger partial charge in [-0.25, -0.2) is 9.79 Å². The number of hydrogen-bond acceptors (Lipinski definition) is 6. The number of hydrogen-bond donors (Lipinski definition) is 1. The van der Waals surface area contributed by atoms with Gasteiger partial charge in [0.25, 0.3) is 5.56 Å². The zero-order valence-corrected chi connectivity index (χ0v) is 26.5. The zero-order chi connectivity index (χ0) is 31.1. The molecule has 1 N–H and O–H groups in total. The van der Waals surface area contributed by atoms with Crippen molar-refractivity contribution in [1.29, 1.82) is 0 Å². The van der Waals surface area contributed by atoms with E-state index in [0.717, 1.165) is 44.4 Å². The summed E-state index contributed by atoms with van der Waals surface area (Å²) in [5, 5.41) is 1.05. The Morgan fingerprint density at radius 1 is 1.07 bits per heavy atom. The maximum absolute atomic E-state index is 14.4. The van der Waals surface area contributed by atoms with Gasteiger partial charge in [0.15, 0.2) is 4.80 Å². The number of rotatable bonds is 7. The quantitative estimate of drug-likeness (QED) is 0.219. The normalized spacial score (nSPS) is 15.1. The van der Waals surface area contributed by atoms with Crippen LogP contribution in [0.25, 0.3) is 28.2 Å². The van der Waals surface area contributed by atoms with E-state index in [4.69, 9.17) is 14.5 Å². The second-order valence-electron chi connectivity index (χ2n) is 11.3. The maximum Gasteiger partial charge on any atom is 0.338 e. The molecule has 8 heteroatoms. The molecule has 2 aromatic heterocycles. The fourth-order valence-corrected chi connectivity index (χ4v) is 6.92. The summed E-state index contributed by atoms with van der Waals surface area (Å²) in [6, 6.07) is 21.3. The smallest absolute Gasteiger partial charge is 0.338 e. The summed E-state index contributed by atoms with van der Waals surface area (Å²) < 4.78 is 13.5. The molecule has 224 valence electrons. The molecule has 7 nitrogen and oxygen atoms in total. The van der Waals surface area contributed by atoms with Crippen LogP contribution in [0.4, 0.5) is 0 Å². The van der Waals surface area contributed by atoms with Crippen molar-refractivity contribution < 1.29 is 14.3 Å². The largest absolute Gasteiger partial charge is 0.491 e. The van der Waals surface area contributed by atoms with Crippen molar-refractivity contribution in [3.8, 4) is 17.0 Å². The average molecular weight is 606 g/mol. The summed E-state index contributed by atoms with van der Waals surface area (Å²) in [5.74, 6) is 0.234. The number of benzene rings is 3. The maximum atomic E-state index is 14.4. The Bertz CT molecular complexity index is 2100. The van der Waals surface area contributed by atoms with E-state index in [0.29, 0.717) is 26.4 Å². The van der Waals surface area contributed by atoms with Crippen LogP contribution in [0.5, 0.6) is 5.75 Å². The molecule has 0 unspecified atom stereocenters. The van der Waals surface area contributed by atoms with Crippen LogP contribution in [0.1, 0.15) is 56.0 Å². The summed E-state index contributed by atoms with van der Waals surface area (Å²) in [6.07, 6.45) is 1.98. The van der Waals surface area contributed by atoms with Crippen LogP contribution in [0, 0.1) is 13.8 Å². The highest BCUT2D eigenvalue weighted by molar-refractivity contribution is 7.07. The lowest BCUT2D eigenvalue weighted by atomic mass is 9.96. The standard InChI is InChI=1S/C36H35N3O4S/c1-7-42-35(41)30-23(6)37-36-39(33(30)25-13-15-26(16-14-25)43-20(2)3)34(40)29(44-36)19-28-27-18-21(4)17-22(5)31(27)38-32(28)24-11-9-8-10-12-24/h8-20,33,38H,7H2,1-6H3/b29-19-/t33-/m0/s1. The molecule has 0 saturated heterocycles. The van der Waals surface area contributed by atoms with Gasteiger partial charge in [0, 0.05) is 16.5 Å². The van der Waals surface area contributed by atoms with Gasteiger partial charge in [-0.3, -0.25) is 9.36 Å². The molecule has 1 atom stereocenters. The third kappa shape index (κ3) is 5.30. The van der Waals surface area contributed by atoms with Crippen LogP contribution in [0.2, 0.25) is 0 Å². The third-order valence-corrected chi connectivity index (χ3v) is 8.69. The third-order valence-electron chi connectivity index (χ3n) is 7.71.